The van der Waals surface area contributed by atoms with Gasteiger partial charge in [-0.1, -0.05) is 41.5 Å². The highest BCUT2D eigenvalue weighted by Crippen LogP contribution is 2.42. The normalized spacial score (nSPS) is 13.4. The van der Waals surface area contributed by atoms with E-state index in [-0.39, 0.29) is 0 Å². The van der Waals surface area contributed by atoms with Crippen LogP contribution in [0.2, 0.25) is 16.6 Å². The van der Waals surface area contributed by atoms with Gasteiger partial charge in [-0.3, -0.25) is 4.79 Å². The minimum Gasteiger partial charge on any atom is -0.517 e. The number of alkyl carbamates (subject to hydrolysis) is 1. The molecule has 0 spiro atoms. The quantitative estimate of drug-likeness (QED) is 0.677. The molecule has 0 aliphatic heterocycles. The molecule has 0 rings (SSSR count). The molecule has 0 aliphatic rings. The average molecular weight is 360 g/mol. The molecule has 0 aromatic rings. The van der Waals surface area contributed by atoms with Crippen LogP contribution in [-0.4, -0.2) is 31.5 Å². The predicted octanol–water partition coefficient (Wildman–Crippen LogP) is 5.01. The lowest BCUT2D eigenvalue weighted by molar-refractivity contribution is -0.142. The van der Waals surface area contributed by atoms with E-state index in [0.29, 0.717) is 16.6 Å². The number of ether oxygens (including phenoxy) is 1. The number of carbonyl (C=O) groups excluding carboxylic acids is 2. The van der Waals surface area contributed by atoms with Crippen molar-refractivity contribution in [2.24, 2.45) is 0 Å². The molecular weight excluding hydrogens is 322 g/mol. The smallest absolute Gasteiger partial charge is 0.408 e. The van der Waals surface area contributed by atoms with Gasteiger partial charge in [0.2, 0.25) is 0 Å². The first-order valence-electron chi connectivity index (χ1n) is 8.80. The van der Waals surface area contributed by atoms with E-state index in [4.69, 9.17) is 9.16 Å². The van der Waals surface area contributed by atoms with Crippen molar-refractivity contribution in [1.29, 1.82) is 0 Å². The SMILES string of the molecule is CC(C)[Si](OC(=O)C(C)(C)NC(=O)OC(C)(C)C)(C(C)C)C(C)C. The molecule has 142 valence electrons. The second-order valence-corrected chi connectivity index (χ2v) is 14.3. The molecular formula is C18H37NO4Si. The molecule has 0 saturated heterocycles. The van der Waals surface area contributed by atoms with E-state index < -0.39 is 31.5 Å². The van der Waals surface area contributed by atoms with Gasteiger partial charge in [0.15, 0.2) is 0 Å². The molecule has 0 saturated carbocycles. The predicted molar refractivity (Wildman–Crippen MR) is 101 cm³/mol. The Morgan fingerprint density at radius 2 is 1.21 bits per heavy atom. The summed E-state index contributed by atoms with van der Waals surface area (Å²) < 4.78 is 11.4. The van der Waals surface area contributed by atoms with Gasteiger partial charge in [0, 0.05) is 0 Å². The van der Waals surface area contributed by atoms with E-state index in [1.54, 1.807) is 34.6 Å². The molecule has 0 atom stereocenters. The van der Waals surface area contributed by atoms with Gasteiger partial charge in [-0.05, 0) is 51.2 Å². The van der Waals surface area contributed by atoms with Gasteiger partial charge in [-0.15, -0.1) is 0 Å². The molecule has 6 heteroatoms. The molecule has 0 radical (unpaired) electrons. The third-order valence-electron chi connectivity index (χ3n) is 4.30. The average Bonchev–Trinajstić information content (AvgIpc) is 2.30. The summed E-state index contributed by atoms with van der Waals surface area (Å²) in [5.74, 6) is -0.392. The fourth-order valence-corrected chi connectivity index (χ4v) is 8.53. The first-order valence-corrected chi connectivity index (χ1v) is 10.9. The fraction of sp³-hybridized carbons (Fsp3) is 0.889. The highest BCUT2D eigenvalue weighted by molar-refractivity contribution is 6.79. The number of hydrogen-bond donors (Lipinski definition) is 1. The zero-order valence-electron chi connectivity index (χ0n) is 17.4. The van der Waals surface area contributed by atoms with E-state index in [1.807, 2.05) is 0 Å². The lowest BCUT2D eigenvalue weighted by atomic mass is 10.1. The van der Waals surface area contributed by atoms with Crippen LogP contribution in [0.1, 0.15) is 76.2 Å². The van der Waals surface area contributed by atoms with Crippen molar-refractivity contribution in [2.45, 2.75) is 104 Å². The lowest BCUT2D eigenvalue weighted by Crippen LogP contribution is -2.57. The van der Waals surface area contributed by atoms with Crippen LogP contribution in [0, 0.1) is 0 Å². The Kier molecular flexibility index (Phi) is 7.55. The van der Waals surface area contributed by atoms with Crippen LogP contribution in [0.4, 0.5) is 4.79 Å². The first kappa shape index (κ1) is 23.0. The molecule has 0 heterocycles. The second-order valence-electron chi connectivity index (χ2n) is 8.96. The molecule has 0 aromatic heterocycles. The van der Waals surface area contributed by atoms with E-state index in [2.05, 4.69) is 46.9 Å². The number of hydrogen-bond acceptors (Lipinski definition) is 4. The molecule has 0 bridgehead atoms. The van der Waals surface area contributed by atoms with Crippen molar-refractivity contribution in [1.82, 2.24) is 5.32 Å². The molecule has 0 fully saturated rings. The summed E-state index contributed by atoms with van der Waals surface area (Å²) in [5, 5.41) is 2.64. The minimum atomic E-state index is -2.34. The molecule has 1 amide bonds. The van der Waals surface area contributed by atoms with E-state index >= 15 is 0 Å². The maximum absolute atomic E-state index is 12.8. The van der Waals surface area contributed by atoms with Crippen molar-refractivity contribution >= 4 is 20.4 Å². The monoisotopic (exact) mass is 359 g/mol. The van der Waals surface area contributed by atoms with Gasteiger partial charge < -0.3 is 14.5 Å². The van der Waals surface area contributed by atoms with Gasteiger partial charge in [0.25, 0.3) is 8.32 Å². The Hall–Kier alpha value is -1.04. The Balaban J connectivity index is 5.33. The summed E-state index contributed by atoms with van der Waals surface area (Å²) in [6, 6.07) is 0. The molecule has 0 aromatic carbocycles. The van der Waals surface area contributed by atoms with Crippen molar-refractivity contribution in [2.75, 3.05) is 0 Å². The molecule has 5 nitrogen and oxygen atoms in total. The highest BCUT2D eigenvalue weighted by atomic mass is 28.4. The molecule has 1 N–H and O–H groups in total. The summed E-state index contributed by atoms with van der Waals surface area (Å²) in [6.45, 7) is 21.4. The maximum Gasteiger partial charge on any atom is 0.408 e. The van der Waals surface area contributed by atoms with Crippen LogP contribution in [0.15, 0.2) is 0 Å². The topological polar surface area (TPSA) is 64.6 Å². The number of rotatable bonds is 6. The van der Waals surface area contributed by atoms with Crippen LogP contribution in [0.3, 0.4) is 0 Å². The molecule has 0 unspecified atom stereocenters. The summed E-state index contributed by atoms with van der Waals surface area (Å²) in [6.07, 6.45) is -0.615. The van der Waals surface area contributed by atoms with Crippen molar-refractivity contribution < 1.29 is 18.8 Å². The molecule has 24 heavy (non-hydrogen) atoms. The Labute approximate surface area is 149 Å². The van der Waals surface area contributed by atoms with Crippen LogP contribution in [-0.2, 0) is 14.0 Å². The van der Waals surface area contributed by atoms with E-state index in [0.717, 1.165) is 0 Å². The Morgan fingerprint density at radius 3 is 1.50 bits per heavy atom. The van der Waals surface area contributed by atoms with Gasteiger partial charge in [-0.2, -0.15) is 0 Å². The third kappa shape index (κ3) is 5.79. The minimum absolute atomic E-state index is 0.291. The second kappa shape index (κ2) is 7.89. The van der Waals surface area contributed by atoms with Crippen molar-refractivity contribution in [3.63, 3.8) is 0 Å². The number of amides is 1. The lowest BCUT2D eigenvalue weighted by Gasteiger charge is -2.43. The summed E-state index contributed by atoms with van der Waals surface area (Å²) in [5.41, 5.74) is -0.883. The van der Waals surface area contributed by atoms with Gasteiger partial charge in [0.1, 0.15) is 11.1 Å². The Morgan fingerprint density at radius 1 is 0.833 bits per heavy atom. The zero-order chi connectivity index (χ0) is 19.5. The standard InChI is InChI=1S/C18H37NO4Si/c1-12(2)24(13(3)4,14(5)6)23-15(20)18(10,11)19-16(21)22-17(7,8)9/h12-14H,1-11H3,(H,19,21). The number of nitrogens with one attached hydrogen (secondary N) is 1. The Bertz CT molecular complexity index is 429. The van der Waals surface area contributed by atoms with Crippen molar-refractivity contribution in [3.8, 4) is 0 Å². The van der Waals surface area contributed by atoms with E-state index in [1.165, 1.54) is 0 Å². The van der Waals surface area contributed by atoms with Crippen LogP contribution >= 0.6 is 0 Å². The van der Waals surface area contributed by atoms with Crippen LogP contribution in [0.25, 0.3) is 0 Å². The van der Waals surface area contributed by atoms with Crippen molar-refractivity contribution in [3.05, 3.63) is 0 Å². The molecule has 0 aliphatic carbocycles. The summed E-state index contributed by atoms with van der Waals surface area (Å²) in [4.78, 5) is 24.9. The van der Waals surface area contributed by atoms with Gasteiger partial charge in [0.05, 0.1) is 0 Å². The number of carbonyl (C=O) groups is 2. The van der Waals surface area contributed by atoms with Gasteiger partial charge in [-0.25, -0.2) is 4.79 Å². The van der Waals surface area contributed by atoms with Gasteiger partial charge >= 0.3 is 12.1 Å². The maximum atomic E-state index is 12.8. The van der Waals surface area contributed by atoms with Crippen LogP contribution in [0.5, 0.6) is 0 Å². The summed E-state index contributed by atoms with van der Waals surface area (Å²) in [7, 11) is -2.34. The van der Waals surface area contributed by atoms with E-state index in [9.17, 15) is 9.59 Å². The fourth-order valence-electron chi connectivity index (χ4n) is 3.25. The summed E-state index contributed by atoms with van der Waals surface area (Å²) >= 11 is 0. The zero-order valence-corrected chi connectivity index (χ0v) is 18.4. The highest BCUT2D eigenvalue weighted by Gasteiger charge is 2.50. The third-order valence-corrected chi connectivity index (χ3v) is 10.3. The van der Waals surface area contributed by atoms with Crippen LogP contribution < -0.4 is 5.32 Å². The largest absolute Gasteiger partial charge is 0.517 e. The first-order chi connectivity index (χ1) is 10.6.